The molecule has 0 radical (unpaired) electrons. The summed E-state index contributed by atoms with van der Waals surface area (Å²) in [5.74, 6) is 0. The Morgan fingerprint density at radius 3 is 2.18 bits per heavy atom. The Labute approximate surface area is 206 Å². The molecule has 4 aromatic rings. The zero-order valence-electron chi connectivity index (χ0n) is 20.6. The van der Waals surface area contributed by atoms with Gasteiger partial charge in [0, 0.05) is 0 Å². The van der Waals surface area contributed by atoms with Gasteiger partial charge in [0.25, 0.3) is 0 Å². The molecule has 0 nitrogen and oxygen atoms in total. The van der Waals surface area contributed by atoms with Gasteiger partial charge in [-0.15, -0.1) is 0 Å². The Kier molecular flexibility index (Phi) is 4.97. The van der Waals surface area contributed by atoms with Crippen LogP contribution in [0.25, 0.3) is 16.7 Å². The molecule has 2 aliphatic carbocycles. The van der Waals surface area contributed by atoms with Gasteiger partial charge in [0.15, 0.2) is 0 Å². The number of aryl methyl sites for hydroxylation is 2. The Hall–Kier alpha value is -2.28. The molecular weight excluding hydrogens is 504 g/mol. The van der Waals surface area contributed by atoms with E-state index in [2.05, 4.69) is 127 Å². The van der Waals surface area contributed by atoms with Crippen LogP contribution >= 0.6 is 0 Å². The fourth-order valence-electron chi connectivity index (χ4n) is 6.83. The van der Waals surface area contributed by atoms with Crippen LogP contribution in [0.5, 0.6) is 0 Å². The van der Waals surface area contributed by atoms with Gasteiger partial charge in [-0.3, -0.25) is 0 Å². The second-order valence-corrected chi connectivity index (χ2v) is 42.1. The van der Waals surface area contributed by atoms with E-state index < -0.39 is 17.4 Å². The van der Waals surface area contributed by atoms with Crippen LogP contribution < -0.4 is 0 Å². The summed E-state index contributed by atoms with van der Waals surface area (Å²) in [5.41, 5.74) is 14.6. The van der Waals surface area contributed by atoms with Crippen molar-refractivity contribution in [1.29, 1.82) is 0 Å². The summed E-state index contributed by atoms with van der Waals surface area (Å²) in [6.45, 7) is 6.96. The van der Waals surface area contributed by atoms with E-state index >= 15 is 0 Å². The summed E-state index contributed by atoms with van der Waals surface area (Å²) >= 11 is -3.53. The van der Waals surface area contributed by atoms with Crippen molar-refractivity contribution >= 4 is 12.5 Å². The first-order valence-electron chi connectivity index (χ1n) is 12.4. The summed E-state index contributed by atoms with van der Waals surface area (Å²) in [5, 5.41) is 0. The summed E-state index contributed by atoms with van der Waals surface area (Å²) in [4.78, 5) is 0. The molecule has 34 heavy (non-hydrogen) atoms. The average Bonchev–Trinajstić information content (AvgIpc) is 3.37. The van der Waals surface area contributed by atoms with Gasteiger partial charge < -0.3 is 0 Å². The van der Waals surface area contributed by atoms with Crippen LogP contribution in [0.1, 0.15) is 46.2 Å². The van der Waals surface area contributed by atoms with E-state index in [1.54, 1.807) is 16.7 Å². The van der Waals surface area contributed by atoms with Gasteiger partial charge in [-0.25, -0.2) is 0 Å². The van der Waals surface area contributed by atoms with Crippen molar-refractivity contribution in [2.75, 3.05) is 0 Å². The molecule has 0 aliphatic heterocycles. The van der Waals surface area contributed by atoms with Gasteiger partial charge in [0.2, 0.25) is 0 Å². The monoisotopic (exact) mass is 534 g/mol. The Morgan fingerprint density at radius 1 is 0.676 bits per heavy atom. The van der Waals surface area contributed by atoms with Crippen LogP contribution in [0.3, 0.4) is 0 Å². The standard InChI is InChI=1S/C15H13.C15H11.2CH3.H2Si.Zr/c1-10-6-7-14-13(8-10)9-12-5-3-4-11(2)15(12)14;1-2-6-12(7-3-1)15-11-10-13-8-4-5-9-14(13)15;;;;/h3-9H,1-2H3;1-11H;2*1H3;1H2;. The zero-order valence-corrected chi connectivity index (χ0v) is 24.5. The van der Waals surface area contributed by atoms with E-state index in [0.717, 1.165) is 0 Å². The molecule has 0 heterocycles. The average molecular weight is 536 g/mol. The molecule has 2 atom stereocenters. The SMILES string of the molecule is Cc1ccc2c(c1)[CH]([Zr]([CH3])([CH3])(=[SiH2])[CH]1C=C(c3ccccc3)c3ccccc31)c1cccc(C)c1-2. The second-order valence-electron chi connectivity index (χ2n) is 11.5. The first-order valence-corrected chi connectivity index (χ1v) is 26.1. The third kappa shape index (κ3) is 3.19. The predicted molar refractivity (Wildman–Crippen MR) is 146 cm³/mol. The molecule has 2 heteroatoms. The summed E-state index contributed by atoms with van der Waals surface area (Å²) in [7, 11) is 0. The molecule has 168 valence electrons. The van der Waals surface area contributed by atoms with Crippen molar-refractivity contribution in [3.05, 3.63) is 136 Å². The molecule has 0 aromatic heterocycles. The number of allylic oxidation sites excluding steroid dienone is 1. The molecule has 2 aliphatic rings. The van der Waals surface area contributed by atoms with Crippen molar-refractivity contribution in [3.63, 3.8) is 0 Å². The van der Waals surface area contributed by atoms with Crippen molar-refractivity contribution in [1.82, 2.24) is 0 Å². The Balaban J connectivity index is 1.62. The molecule has 0 saturated heterocycles. The molecule has 4 aromatic carbocycles. The first kappa shape index (κ1) is 22.2. The van der Waals surface area contributed by atoms with Gasteiger partial charge in [-0.1, -0.05) is 0 Å². The van der Waals surface area contributed by atoms with Crippen LogP contribution in [-0.4, -0.2) is 6.88 Å². The zero-order chi connectivity index (χ0) is 23.7. The third-order valence-electron chi connectivity index (χ3n) is 8.38. The number of hydrogen-bond acceptors (Lipinski definition) is 0. The maximum absolute atomic E-state index is 3.53. The topological polar surface area (TPSA) is 0 Å². The first-order chi connectivity index (χ1) is 16.2. The summed E-state index contributed by atoms with van der Waals surface area (Å²) in [6, 6.07) is 34.4. The van der Waals surface area contributed by atoms with Gasteiger partial charge in [0.05, 0.1) is 0 Å². The van der Waals surface area contributed by atoms with Gasteiger partial charge >= 0.3 is 207 Å². The van der Waals surface area contributed by atoms with Crippen LogP contribution in [-0.2, 0) is 17.4 Å². The molecule has 0 saturated carbocycles. The molecule has 0 fully saturated rings. The quantitative estimate of drug-likeness (QED) is 0.234. The van der Waals surface area contributed by atoms with Gasteiger partial charge in [-0.2, -0.15) is 0 Å². The molecular formula is C32H32SiZr. The Bertz CT molecular complexity index is 1550. The second kappa shape index (κ2) is 7.61. The van der Waals surface area contributed by atoms with E-state index in [1.807, 2.05) is 0 Å². The van der Waals surface area contributed by atoms with Crippen LogP contribution in [0.2, 0.25) is 9.26 Å². The summed E-state index contributed by atoms with van der Waals surface area (Å²) < 4.78 is 6.48. The van der Waals surface area contributed by atoms with Crippen LogP contribution in [0.15, 0.2) is 97.1 Å². The Morgan fingerprint density at radius 2 is 1.38 bits per heavy atom. The molecule has 0 amide bonds. The van der Waals surface area contributed by atoms with E-state index in [4.69, 9.17) is 0 Å². The van der Waals surface area contributed by atoms with E-state index in [1.165, 1.54) is 39.0 Å². The molecule has 2 unspecified atom stereocenters. The fraction of sp³-hybridized carbons (Fsp3) is 0.188. The minimum atomic E-state index is -3.53. The van der Waals surface area contributed by atoms with Crippen molar-refractivity contribution in [3.8, 4) is 11.1 Å². The van der Waals surface area contributed by atoms with Gasteiger partial charge in [-0.05, 0) is 0 Å². The van der Waals surface area contributed by atoms with Crippen LogP contribution in [0.4, 0.5) is 0 Å². The minimum absolute atomic E-state index is 0.510. The van der Waals surface area contributed by atoms with Gasteiger partial charge in [0.1, 0.15) is 0 Å². The summed E-state index contributed by atoms with van der Waals surface area (Å²) in [6.07, 6.45) is 2.65. The molecule has 0 spiro atoms. The molecule has 6 rings (SSSR count). The van der Waals surface area contributed by atoms with Crippen molar-refractivity contribution < 1.29 is 17.4 Å². The normalized spacial score (nSPS) is 18.8. The van der Waals surface area contributed by atoms with Crippen molar-refractivity contribution in [2.24, 2.45) is 0 Å². The predicted octanol–water partition coefficient (Wildman–Crippen LogP) is 7.89. The van der Waals surface area contributed by atoms with E-state index in [0.29, 0.717) is 7.25 Å². The molecule has 0 N–H and O–H groups in total. The van der Waals surface area contributed by atoms with E-state index in [9.17, 15) is 0 Å². The fourth-order valence-corrected chi connectivity index (χ4v) is 23.4. The number of fused-ring (bicyclic) bond motifs is 4. The maximum atomic E-state index is 2.72. The van der Waals surface area contributed by atoms with Crippen LogP contribution in [0, 0.1) is 13.8 Å². The van der Waals surface area contributed by atoms with Crippen molar-refractivity contribution in [2.45, 2.75) is 30.4 Å². The molecule has 0 bridgehead atoms. The third-order valence-corrected chi connectivity index (χ3v) is 25.8. The van der Waals surface area contributed by atoms with E-state index in [-0.39, 0.29) is 0 Å². The number of hydrogen-bond donors (Lipinski definition) is 0. The number of rotatable bonds is 3. The number of benzene rings is 4.